The maximum Gasteiger partial charge on any atom is 0.341 e. The van der Waals surface area contributed by atoms with Crippen molar-refractivity contribution in [1.29, 1.82) is 0 Å². The number of amides is 1. The highest BCUT2D eigenvalue weighted by atomic mass is 32.1. The lowest BCUT2D eigenvalue weighted by Crippen LogP contribution is -2.15. The third-order valence-electron chi connectivity index (χ3n) is 5.06. The number of nitro benzene ring substituents is 1. The van der Waals surface area contributed by atoms with Crippen LogP contribution in [0.15, 0.2) is 72.1 Å². The van der Waals surface area contributed by atoms with Gasteiger partial charge in [0.15, 0.2) is 0 Å². The summed E-state index contributed by atoms with van der Waals surface area (Å²) in [4.78, 5) is 36.0. The molecule has 0 radical (unpaired) electrons. The molecule has 0 aliphatic carbocycles. The molecule has 0 saturated heterocycles. The van der Waals surface area contributed by atoms with E-state index in [1.54, 1.807) is 0 Å². The number of ether oxygens (including phenoxy) is 1. The number of hydrogen-bond acceptors (Lipinski definition) is 6. The van der Waals surface area contributed by atoms with Gasteiger partial charge in [-0.25, -0.2) is 4.79 Å². The van der Waals surface area contributed by atoms with Crippen molar-refractivity contribution in [3.05, 3.63) is 93.4 Å². The van der Waals surface area contributed by atoms with Crippen molar-refractivity contribution in [2.45, 2.75) is 13.3 Å². The van der Waals surface area contributed by atoms with E-state index in [-0.39, 0.29) is 17.9 Å². The van der Waals surface area contributed by atoms with Gasteiger partial charge in [0.2, 0.25) is 0 Å². The van der Waals surface area contributed by atoms with Gasteiger partial charge in [-0.2, -0.15) is 0 Å². The maximum absolute atomic E-state index is 12.9. The number of carbonyl (C=O) groups excluding carboxylic acids is 2. The fourth-order valence-electron chi connectivity index (χ4n) is 3.40. The van der Waals surface area contributed by atoms with Crippen LogP contribution in [0.25, 0.3) is 21.9 Å². The quantitative estimate of drug-likeness (QED) is 0.198. The van der Waals surface area contributed by atoms with Crippen LogP contribution >= 0.6 is 11.3 Å². The summed E-state index contributed by atoms with van der Waals surface area (Å²) in [6.07, 6.45) is 0.672. The summed E-state index contributed by atoms with van der Waals surface area (Å²) in [5, 5.41) is 17.9. The number of benzene rings is 3. The van der Waals surface area contributed by atoms with Gasteiger partial charge in [-0.15, -0.1) is 11.3 Å². The van der Waals surface area contributed by atoms with Gasteiger partial charge in [-0.05, 0) is 41.0 Å². The molecule has 8 heteroatoms. The minimum atomic E-state index is -0.529. The molecule has 0 saturated carbocycles. The number of nitro groups is 1. The topological polar surface area (TPSA) is 98.5 Å². The Kier molecular flexibility index (Phi) is 6.46. The number of hydrogen-bond donors (Lipinski definition) is 1. The molecule has 4 rings (SSSR count). The zero-order valence-corrected chi connectivity index (χ0v) is 18.6. The molecule has 0 bridgehead atoms. The molecule has 0 spiro atoms. The minimum absolute atomic E-state index is 0.106. The van der Waals surface area contributed by atoms with Crippen LogP contribution in [0, 0.1) is 10.1 Å². The van der Waals surface area contributed by atoms with Crippen molar-refractivity contribution in [2.75, 3.05) is 11.9 Å². The van der Waals surface area contributed by atoms with Gasteiger partial charge in [-0.3, -0.25) is 14.9 Å². The molecular weight excluding hydrogens is 440 g/mol. The standard InChI is InChI=1S/C25H20N2O5S/c1-2-13-32-25(29)22-21(19-8-7-16-5-3-4-6-18(16)14-19)15-33-24(22)26-23(28)17-9-11-20(12-10-17)27(30)31/h3-12,14-15H,2,13H2,1H3,(H,26,28). The van der Waals surface area contributed by atoms with E-state index >= 15 is 0 Å². The molecule has 1 N–H and O–H groups in total. The first-order chi connectivity index (χ1) is 16.0. The van der Waals surface area contributed by atoms with E-state index < -0.39 is 16.8 Å². The number of non-ortho nitro benzene ring substituents is 1. The average Bonchev–Trinajstić information content (AvgIpc) is 3.25. The van der Waals surface area contributed by atoms with Crippen molar-refractivity contribution >= 4 is 44.7 Å². The van der Waals surface area contributed by atoms with Gasteiger partial charge in [0.1, 0.15) is 10.6 Å². The van der Waals surface area contributed by atoms with E-state index in [0.29, 0.717) is 22.5 Å². The molecule has 0 unspecified atom stereocenters. The molecule has 4 aromatic rings. The van der Waals surface area contributed by atoms with Crippen LogP contribution in [0.3, 0.4) is 0 Å². The Bertz CT molecular complexity index is 1340. The Morgan fingerprint density at radius 2 is 1.76 bits per heavy atom. The largest absolute Gasteiger partial charge is 0.462 e. The molecule has 1 heterocycles. The van der Waals surface area contributed by atoms with Gasteiger partial charge >= 0.3 is 5.97 Å². The van der Waals surface area contributed by atoms with E-state index in [4.69, 9.17) is 4.74 Å². The highest BCUT2D eigenvalue weighted by Gasteiger charge is 2.23. The predicted molar refractivity (Wildman–Crippen MR) is 129 cm³/mol. The van der Waals surface area contributed by atoms with Crippen molar-refractivity contribution in [3.63, 3.8) is 0 Å². The van der Waals surface area contributed by atoms with E-state index in [2.05, 4.69) is 5.32 Å². The molecule has 0 atom stereocenters. The fourth-order valence-corrected chi connectivity index (χ4v) is 4.35. The average molecular weight is 461 g/mol. The van der Waals surface area contributed by atoms with Crippen LogP contribution < -0.4 is 5.32 Å². The normalized spacial score (nSPS) is 10.7. The van der Waals surface area contributed by atoms with Crippen LogP contribution in [0.4, 0.5) is 10.7 Å². The Labute approximate surface area is 193 Å². The van der Waals surface area contributed by atoms with Crippen molar-refractivity contribution < 1.29 is 19.2 Å². The summed E-state index contributed by atoms with van der Waals surface area (Å²) in [6.45, 7) is 2.17. The summed E-state index contributed by atoms with van der Waals surface area (Å²) in [6, 6.07) is 19.1. The maximum atomic E-state index is 12.9. The molecule has 1 aromatic heterocycles. The second-order valence-electron chi connectivity index (χ2n) is 7.31. The van der Waals surface area contributed by atoms with Gasteiger partial charge in [0.25, 0.3) is 11.6 Å². The van der Waals surface area contributed by atoms with Crippen LogP contribution in [0.1, 0.15) is 34.1 Å². The van der Waals surface area contributed by atoms with E-state index in [1.165, 1.54) is 35.6 Å². The SMILES string of the molecule is CCCOC(=O)c1c(-c2ccc3ccccc3c2)csc1NC(=O)c1ccc([N+](=O)[O-])cc1. The smallest absolute Gasteiger partial charge is 0.341 e. The second kappa shape index (κ2) is 9.62. The zero-order chi connectivity index (χ0) is 23.4. The third-order valence-corrected chi connectivity index (χ3v) is 5.96. The molecule has 0 aliphatic heterocycles. The van der Waals surface area contributed by atoms with Crippen molar-refractivity contribution in [3.8, 4) is 11.1 Å². The lowest BCUT2D eigenvalue weighted by Gasteiger charge is -2.10. The van der Waals surface area contributed by atoms with Gasteiger partial charge in [0.05, 0.1) is 11.5 Å². The van der Waals surface area contributed by atoms with Gasteiger partial charge in [0, 0.05) is 28.6 Å². The Morgan fingerprint density at radius 3 is 2.45 bits per heavy atom. The summed E-state index contributed by atoms with van der Waals surface area (Å²) in [7, 11) is 0. The predicted octanol–water partition coefficient (Wildman–Crippen LogP) is 6.30. The Balaban J connectivity index is 1.70. The summed E-state index contributed by atoms with van der Waals surface area (Å²) in [5.41, 5.74) is 1.94. The second-order valence-corrected chi connectivity index (χ2v) is 8.19. The number of rotatable bonds is 7. The first-order valence-corrected chi connectivity index (χ1v) is 11.2. The highest BCUT2D eigenvalue weighted by molar-refractivity contribution is 7.15. The van der Waals surface area contributed by atoms with Crippen molar-refractivity contribution in [1.82, 2.24) is 0 Å². The van der Waals surface area contributed by atoms with Gasteiger partial charge in [-0.1, -0.05) is 43.3 Å². The number of carbonyl (C=O) groups is 2. The van der Waals surface area contributed by atoms with Crippen molar-refractivity contribution in [2.24, 2.45) is 0 Å². The lowest BCUT2D eigenvalue weighted by molar-refractivity contribution is -0.384. The number of fused-ring (bicyclic) bond motifs is 1. The fraction of sp³-hybridized carbons (Fsp3) is 0.120. The summed E-state index contributed by atoms with van der Waals surface area (Å²) >= 11 is 1.23. The molecule has 1 amide bonds. The van der Waals surface area contributed by atoms with E-state index in [1.807, 2.05) is 54.8 Å². The summed E-state index contributed by atoms with van der Waals surface area (Å²) < 4.78 is 5.40. The van der Waals surface area contributed by atoms with Gasteiger partial charge < -0.3 is 10.1 Å². The number of anilines is 1. The number of nitrogens with one attached hydrogen (secondary N) is 1. The molecule has 3 aromatic carbocycles. The Hall–Kier alpha value is -4.04. The zero-order valence-electron chi connectivity index (χ0n) is 17.7. The van der Waals surface area contributed by atoms with E-state index in [0.717, 1.165) is 16.3 Å². The molecule has 7 nitrogen and oxygen atoms in total. The van der Waals surface area contributed by atoms with Crippen LogP contribution in [-0.4, -0.2) is 23.4 Å². The molecule has 0 aliphatic rings. The minimum Gasteiger partial charge on any atom is -0.462 e. The molecule has 166 valence electrons. The highest BCUT2D eigenvalue weighted by Crippen LogP contribution is 2.37. The number of thiophene rings is 1. The van der Waals surface area contributed by atoms with E-state index in [9.17, 15) is 19.7 Å². The first kappa shape index (κ1) is 22.2. The van der Waals surface area contributed by atoms with Crippen LogP contribution in [0.2, 0.25) is 0 Å². The third kappa shape index (κ3) is 4.75. The van der Waals surface area contributed by atoms with Crippen LogP contribution in [0.5, 0.6) is 0 Å². The Morgan fingerprint density at radius 1 is 1.03 bits per heavy atom. The monoisotopic (exact) mass is 460 g/mol. The molecule has 33 heavy (non-hydrogen) atoms. The lowest BCUT2D eigenvalue weighted by atomic mass is 10.00. The van der Waals surface area contributed by atoms with Crippen LogP contribution in [-0.2, 0) is 4.74 Å². The summed E-state index contributed by atoms with van der Waals surface area (Å²) in [5.74, 6) is -0.985. The molecular formula is C25H20N2O5S. The number of esters is 1. The molecule has 0 fully saturated rings. The number of nitrogens with zero attached hydrogens (tertiary/aromatic N) is 1. The first-order valence-electron chi connectivity index (χ1n) is 10.3.